The van der Waals surface area contributed by atoms with Crippen molar-refractivity contribution in [2.75, 3.05) is 0 Å². The van der Waals surface area contributed by atoms with E-state index in [1.54, 1.807) is 4.90 Å². The third-order valence-corrected chi connectivity index (χ3v) is 7.36. The number of unbranched alkanes of at least 4 members (excludes halogenated alkanes) is 1. The molecule has 6 rings (SSSR count). The number of aliphatic hydroxyl groups excluding tert-OH is 1. The molecule has 10 nitrogen and oxygen atoms in total. The molecule has 2 aromatic carbocycles. The Kier molecular flexibility index (Phi) is 9.67. The van der Waals surface area contributed by atoms with Gasteiger partial charge in [-0.25, -0.2) is 10.1 Å². The minimum absolute atomic E-state index is 0. The van der Waals surface area contributed by atoms with Crippen LogP contribution in [0.5, 0.6) is 0 Å². The summed E-state index contributed by atoms with van der Waals surface area (Å²) in [6, 6.07) is 17.8. The van der Waals surface area contributed by atoms with Crippen LogP contribution >= 0.6 is 0 Å². The Bertz CT molecular complexity index is 1590. The number of H-pyrrole nitrogens is 1. The fourth-order valence-electron chi connectivity index (χ4n) is 5.39. The van der Waals surface area contributed by atoms with Crippen molar-refractivity contribution < 1.29 is 9.90 Å². The van der Waals surface area contributed by atoms with Gasteiger partial charge in [0.1, 0.15) is 17.7 Å². The second kappa shape index (κ2) is 12.8. The van der Waals surface area contributed by atoms with Gasteiger partial charge in [-0.15, -0.1) is 5.10 Å². The van der Waals surface area contributed by atoms with Gasteiger partial charge in [0.2, 0.25) is 0 Å². The first-order chi connectivity index (χ1) is 18.6. The molecule has 1 amide bonds. The monoisotopic (exact) mass is 554 g/mol. The third-order valence-electron chi connectivity index (χ3n) is 7.36. The molecule has 0 spiro atoms. The van der Waals surface area contributed by atoms with Crippen LogP contribution in [0.1, 0.15) is 42.5 Å². The number of carbonyl (C=O) groups is 1. The number of hydrogen-bond donors (Lipinski definition) is 2. The van der Waals surface area contributed by atoms with Crippen LogP contribution in [0, 0.1) is 11.3 Å². The quantitative estimate of drug-likeness (QED) is 0.335. The van der Waals surface area contributed by atoms with Crippen molar-refractivity contribution in [2.24, 2.45) is 0 Å². The summed E-state index contributed by atoms with van der Waals surface area (Å²) in [6.07, 6.45) is 3.34. The summed E-state index contributed by atoms with van der Waals surface area (Å²) < 4.78 is 2.23. The van der Waals surface area contributed by atoms with Gasteiger partial charge in [0, 0.05) is 30.6 Å². The van der Waals surface area contributed by atoms with Gasteiger partial charge in [-0.1, -0.05) is 61.9 Å². The number of amides is 1. The summed E-state index contributed by atoms with van der Waals surface area (Å²) >= 11 is 0. The number of nitriles is 1. The van der Waals surface area contributed by atoms with Gasteiger partial charge in [0.15, 0.2) is 11.4 Å². The average Bonchev–Trinajstić information content (AvgIpc) is 3.65. The predicted octanol–water partition coefficient (Wildman–Crippen LogP) is 2.43. The van der Waals surface area contributed by atoms with Crippen molar-refractivity contribution in [3.05, 3.63) is 82.6 Å². The van der Waals surface area contributed by atoms with E-state index in [2.05, 4.69) is 56.4 Å². The first-order valence-corrected chi connectivity index (χ1v) is 12.7. The van der Waals surface area contributed by atoms with Crippen LogP contribution < -0.4 is 0 Å². The number of aliphatic hydroxyl groups is 1. The Labute approximate surface area is 276 Å². The number of aryl methyl sites for hydroxylation is 1. The number of tetrazole rings is 1. The van der Waals surface area contributed by atoms with E-state index in [-0.39, 0.29) is 70.4 Å². The maximum atomic E-state index is 12.6. The fraction of sp³-hybridized carbons (Fsp3) is 0.286. The number of hydrogen-bond acceptors (Lipinski definition) is 7. The van der Waals surface area contributed by atoms with Crippen molar-refractivity contribution in [3.8, 4) is 28.6 Å². The van der Waals surface area contributed by atoms with Gasteiger partial charge in [0.25, 0.3) is 5.91 Å². The zero-order valence-electron chi connectivity index (χ0n) is 20.9. The minimum atomic E-state index is -0.511. The van der Waals surface area contributed by atoms with Crippen LogP contribution in [0.15, 0.2) is 59.9 Å². The molecule has 1 atom stereocenters. The van der Waals surface area contributed by atoms with Gasteiger partial charge < -0.3 is 14.6 Å². The molecule has 0 aliphatic carbocycles. The molecule has 0 saturated carbocycles. The van der Waals surface area contributed by atoms with E-state index in [1.165, 1.54) is 0 Å². The molecule has 12 heteroatoms. The normalized spacial score (nSPS) is 15.7. The van der Waals surface area contributed by atoms with E-state index in [4.69, 9.17) is 4.98 Å². The Hall–Kier alpha value is -2.78. The van der Waals surface area contributed by atoms with Crippen molar-refractivity contribution in [2.45, 2.75) is 51.7 Å². The molecule has 2 N–H and O–H groups in total. The van der Waals surface area contributed by atoms with Crippen LogP contribution in [-0.2, 0) is 30.7 Å². The van der Waals surface area contributed by atoms with E-state index < -0.39 is 11.9 Å². The molecule has 0 radical (unpaired) electrons. The number of nitrogens with zero attached hydrogens (tertiary/aromatic N) is 7. The van der Waals surface area contributed by atoms with Crippen LogP contribution in [0.25, 0.3) is 22.5 Å². The van der Waals surface area contributed by atoms with Gasteiger partial charge in [-0.05, 0) is 33.5 Å². The van der Waals surface area contributed by atoms with Crippen LogP contribution in [0.4, 0.5) is 0 Å². The molecule has 0 saturated heterocycles. The molecule has 4 heterocycles. The van der Waals surface area contributed by atoms with E-state index in [0.29, 0.717) is 25.3 Å². The number of rotatable bonds is 7. The molecule has 2 aliphatic heterocycles. The second-order valence-corrected chi connectivity index (χ2v) is 9.63. The number of benzene rings is 2. The average molecular weight is 555 g/mol. The van der Waals surface area contributed by atoms with Gasteiger partial charge in [-0.2, -0.15) is 5.26 Å². The zero-order valence-corrected chi connectivity index (χ0v) is 20.9. The number of aromatic nitrogens is 6. The van der Waals surface area contributed by atoms with E-state index in [1.807, 2.05) is 30.3 Å². The van der Waals surface area contributed by atoms with Crippen molar-refractivity contribution in [1.82, 2.24) is 35.1 Å². The SMILES string of the molecule is CCCCc1nc2c(n1Cc1ccc(-c3ccccc3-c3nnn[nH]3)cc1)CC1C(O)=C(C#N)C(=O)N1C2.[NaH].[NaH]. The first kappa shape index (κ1) is 30.2. The van der Waals surface area contributed by atoms with Crippen LogP contribution in [-0.4, -0.2) is 111 Å². The summed E-state index contributed by atoms with van der Waals surface area (Å²) in [4.78, 5) is 19.1. The number of fused-ring (bicyclic) bond motifs is 2. The number of aromatic amines is 1. The number of nitrogens with one attached hydrogen (secondary N) is 1. The van der Waals surface area contributed by atoms with Gasteiger partial charge >= 0.3 is 59.1 Å². The number of imidazole rings is 1. The Morgan fingerprint density at radius 3 is 2.55 bits per heavy atom. The molecule has 0 fully saturated rings. The third kappa shape index (κ3) is 5.42. The summed E-state index contributed by atoms with van der Waals surface area (Å²) in [5.41, 5.74) is 5.84. The Morgan fingerprint density at radius 2 is 1.88 bits per heavy atom. The van der Waals surface area contributed by atoms with E-state index in [9.17, 15) is 15.2 Å². The maximum absolute atomic E-state index is 12.6. The Balaban J connectivity index is 0.00000185. The van der Waals surface area contributed by atoms with Gasteiger partial charge in [-0.3, -0.25) is 4.79 Å². The zero-order chi connectivity index (χ0) is 26.2. The Morgan fingerprint density at radius 1 is 1.12 bits per heavy atom. The molecular formula is C28H28N8Na2O2. The van der Waals surface area contributed by atoms with E-state index in [0.717, 1.165) is 58.7 Å². The van der Waals surface area contributed by atoms with Gasteiger partial charge in [0.05, 0.1) is 18.3 Å². The molecule has 4 aromatic rings. The summed E-state index contributed by atoms with van der Waals surface area (Å²) in [5, 5.41) is 34.2. The van der Waals surface area contributed by atoms with Crippen molar-refractivity contribution in [3.63, 3.8) is 0 Å². The first-order valence-electron chi connectivity index (χ1n) is 12.7. The summed E-state index contributed by atoms with van der Waals surface area (Å²) in [7, 11) is 0. The molecule has 2 aromatic heterocycles. The van der Waals surface area contributed by atoms with Crippen LogP contribution in [0.3, 0.4) is 0 Å². The molecule has 0 bridgehead atoms. The standard InChI is InChI=1S/C28H26N8O2.2Na.2H/c1-2-3-8-25-30-22-16-36-24(26(37)21(14-29)28(36)38)13-23(22)35(25)15-17-9-11-18(12-10-17)19-6-4-5-7-20(19)27-31-33-34-32-27;;;;/h4-7,9-12,24,37H,2-3,8,13,15-16H2,1H3,(H,31,32,33,34);;;;. The second-order valence-electron chi connectivity index (χ2n) is 9.63. The van der Waals surface area contributed by atoms with E-state index >= 15 is 0 Å². The topological polar surface area (TPSA) is 137 Å². The fourth-order valence-corrected chi connectivity index (χ4v) is 5.39. The predicted molar refractivity (Wildman–Crippen MR) is 153 cm³/mol. The molecule has 194 valence electrons. The molecular weight excluding hydrogens is 526 g/mol. The van der Waals surface area contributed by atoms with Crippen molar-refractivity contribution in [1.29, 1.82) is 5.26 Å². The van der Waals surface area contributed by atoms with Crippen LogP contribution in [0.2, 0.25) is 0 Å². The summed E-state index contributed by atoms with van der Waals surface area (Å²) in [6.45, 7) is 3.08. The number of carbonyl (C=O) groups excluding carboxylic acids is 1. The molecule has 40 heavy (non-hydrogen) atoms. The molecule has 2 aliphatic rings. The molecule has 1 unspecified atom stereocenters. The van der Waals surface area contributed by atoms with Crippen molar-refractivity contribution >= 4 is 65.0 Å². The summed E-state index contributed by atoms with van der Waals surface area (Å²) in [5.74, 6) is 1.06.